The zero-order valence-corrected chi connectivity index (χ0v) is 7.45. The van der Waals surface area contributed by atoms with Crippen LogP contribution in [-0.4, -0.2) is 22.4 Å². The molecule has 1 aromatic rings. The zero-order chi connectivity index (χ0) is 9.68. The Bertz CT molecular complexity index is 308. The molecular weight excluding hydrogens is 166 g/mol. The monoisotopic (exact) mass is 177 g/mol. The standard InChI is InChI=1S/C9H11N3O/c1-7(2)6-12-9(13)8-10-4-3-5-11-8/h3-5H,1,6H2,2H3,(H,12,13). The van der Waals surface area contributed by atoms with Crippen molar-refractivity contribution in [3.8, 4) is 0 Å². The van der Waals surface area contributed by atoms with E-state index in [0.717, 1.165) is 5.57 Å². The summed E-state index contributed by atoms with van der Waals surface area (Å²) in [4.78, 5) is 18.9. The third kappa shape index (κ3) is 3.02. The number of rotatable bonds is 3. The van der Waals surface area contributed by atoms with Crippen LogP contribution in [-0.2, 0) is 0 Å². The van der Waals surface area contributed by atoms with Gasteiger partial charge in [0.15, 0.2) is 0 Å². The summed E-state index contributed by atoms with van der Waals surface area (Å²) in [6, 6.07) is 1.66. The molecule has 1 heterocycles. The first-order valence-electron chi connectivity index (χ1n) is 3.90. The normalized spacial score (nSPS) is 9.31. The molecule has 0 aliphatic rings. The van der Waals surface area contributed by atoms with Crippen LogP contribution < -0.4 is 5.32 Å². The summed E-state index contributed by atoms with van der Waals surface area (Å²) in [5, 5.41) is 2.63. The van der Waals surface area contributed by atoms with E-state index in [1.807, 2.05) is 6.92 Å². The van der Waals surface area contributed by atoms with Crippen molar-refractivity contribution in [2.75, 3.05) is 6.54 Å². The first-order chi connectivity index (χ1) is 6.20. The van der Waals surface area contributed by atoms with Crippen LogP contribution in [0, 0.1) is 0 Å². The maximum atomic E-state index is 11.3. The highest BCUT2D eigenvalue weighted by Gasteiger charge is 2.05. The first kappa shape index (κ1) is 9.38. The molecule has 0 bridgehead atoms. The molecule has 0 aliphatic heterocycles. The number of aromatic nitrogens is 2. The van der Waals surface area contributed by atoms with Gasteiger partial charge < -0.3 is 5.32 Å². The molecule has 0 atom stereocenters. The molecule has 4 heteroatoms. The summed E-state index contributed by atoms with van der Waals surface area (Å²) in [6.07, 6.45) is 3.06. The third-order valence-corrected chi connectivity index (χ3v) is 1.32. The molecular formula is C9H11N3O. The average Bonchev–Trinajstić information content (AvgIpc) is 2.15. The molecule has 0 saturated carbocycles. The summed E-state index contributed by atoms with van der Waals surface area (Å²) in [5.41, 5.74) is 0.893. The maximum absolute atomic E-state index is 11.3. The summed E-state index contributed by atoms with van der Waals surface area (Å²) in [5.74, 6) is -0.0904. The van der Waals surface area contributed by atoms with Crippen LogP contribution >= 0.6 is 0 Å². The lowest BCUT2D eigenvalue weighted by Gasteiger charge is -2.01. The lowest BCUT2D eigenvalue weighted by Crippen LogP contribution is -2.26. The minimum atomic E-state index is -0.274. The Morgan fingerprint density at radius 2 is 2.15 bits per heavy atom. The molecule has 68 valence electrons. The van der Waals surface area contributed by atoms with E-state index < -0.39 is 0 Å². The molecule has 0 spiro atoms. The third-order valence-electron chi connectivity index (χ3n) is 1.32. The van der Waals surface area contributed by atoms with E-state index in [0.29, 0.717) is 6.54 Å². The van der Waals surface area contributed by atoms with Crippen LogP contribution in [0.25, 0.3) is 0 Å². The van der Waals surface area contributed by atoms with Gasteiger partial charge in [-0.2, -0.15) is 0 Å². The summed E-state index contributed by atoms with van der Waals surface area (Å²) in [6.45, 7) is 5.96. The Hall–Kier alpha value is -1.71. The predicted octanol–water partition coefficient (Wildman–Crippen LogP) is 0.782. The second kappa shape index (κ2) is 4.35. The van der Waals surface area contributed by atoms with Gasteiger partial charge in [-0.15, -0.1) is 0 Å². The number of amides is 1. The second-order valence-electron chi connectivity index (χ2n) is 2.71. The zero-order valence-electron chi connectivity index (χ0n) is 7.45. The van der Waals surface area contributed by atoms with Crippen molar-refractivity contribution >= 4 is 5.91 Å². The van der Waals surface area contributed by atoms with Crippen molar-refractivity contribution in [1.82, 2.24) is 15.3 Å². The van der Waals surface area contributed by atoms with E-state index in [1.54, 1.807) is 6.07 Å². The molecule has 0 aliphatic carbocycles. The molecule has 4 nitrogen and oxygen atoms in total. The quantitative estimate of drug-likeness (QED) is 0.694. The minimum Gasteiger partial charge on any atom is -0.346 e. The van der Waals surface area contributed by atoms with E-state index in [4.69, 9.17) is 0 Å². The van der Waals surface area contributed by atoms with Crippen LogP contribution in [0.2, 0.25) is 0 Å². The van der Waals surface area contributed by atoms with Crippen molar-refractivity contribution in [2.24, 2.45) is 0 Å². The van der Waals surface area contributed by atoms with Gasteiger partial charge in [-0.1, -0.05) is 12.2 Å². The Balaban J connectivity index is 2.54. The Labute approximate surface area is 76.7 Å². The maximum Gasteiger partial charge on any atom is 0.289 e. The number of carbonyl (C=O) groups is 1. The Kier molecular flexibility index (Phi) is 3.14. The van der Waals surface area contributed by atoms with Crippen molar-refractivity contribution in [3.05, 3.63) is 36.4 Å². The molecule has 1 N–H and O–H groups in total. The summed E-state index contributed by atoms with van der Waals surface area (Å²) >= 11 is 0. The molecule has 0 fully saturated rings. The van der Waals surface area contributed by atoms with Crippen molar-refractivity contribution in [2.45, 2.75) is 6.92 Å². The Morgan fingerprint density at radius 1 is 1.54 bits per heavy atom. The molecule has 0 radical (unpaired) electrons. The minimum absolute atomic E-state index is 0.184. The van der Waals surface area contributed by atoms with Crippen molar-refractivity contribution in [1.29, 1.82) is 0 Å². The van der Waals surface area contributed by atoms with E-state index in [1.165, 1.54) is 12.4 Å². The fourth-order valence-electron chi connectivity index (χ4n) is 0.727. The largest absolute Gasteiger partial charge is 0.346 e. The molecule has 1 amide bonds. The summed E-state index contributed by atoms with van der Waals surface area (Å²) < 4.78 is 0. The van der Waals surface area contributed by atoms with Gasteiger partial charge in [0.2, 0.25) is 5.82 Å². The Morgan fingerprint density at radius 3 is 2.69 bits per heavy atom. The first-order valence-corrected chi connectivity index (χ1v) is 3.90. The topological polar surface area (TPSA) is 54.9 Å². The number of carbonyl (C=O) groups excluding carboxylic acids is 1. The molecule has 0 saturated heterocycles. The molecule has 0 unspecified atom stereocenters. The smallest absolute Gasteiger partial charge is 0.289 e. The van der Waals surface area contributed by atoms with E-state index in [9.17, 15) is 4.79 Å². The van der Waals surface area contributed by atoms with Crippen LogP contribution in [0.5, 0.6) is 0 Å². The summed E-state index contributed by atoms with van der Waals surface area (Å²) in [7, 11) is 0. The van der Waals surface area contributed by atoms with E-state index >= 15 is 0 Å². The van der Waals surface area contributed by atoms with Gasteiger partial charge >= 0.3 is 0 Å². The van der Waals surface area contributed by atoms with Crippen LogP contribution in [0.3, 0.4) is 0 Å². The van der Waals surface area contributed by atoms with Crippen LogP contribution in [0.4, 0.5) is 0 Å². The van der Waals surface area contributed by atoms with Crippen LogP contribution in [0.1, 0.15) is 17.5 Å². The van der Waals surface area contributed by atoms with Crippen molar-refractivity contribution < 1.29 is 4.79 Å². The number of nitrogens with zero attached hydrogens (tertiary/aromatic N) is 2. The molecule has 0 aromatic carbocycles. The number of hydrogen-bond acceptors (Lipinski definition) is 3. The van der Waals surface area contributed by atoms with Crippen LogP contribution in [0.15, 0.2) is 30.6 Å². The molecule has 1 aromatic heterocycles. The van der Waals surface area contributed by atoms with Gasteiger partial charge in [0.1, 0.15) is 0 Å². The van der Waals surface area contributed by atoms with E-state index in [2.05, 4.69) is 21.9 Å². The van der Waals surface area contributed by atoms with Crippen molar-refractivity contribution in [3.63, 3.8) is 0 Å². The average molecular weight is 177 g/mol. The highest BCUT2D eigenvalue weighted by molar-refractivity contribution is 5.90. The second-order valence-corrected chi connectivity index (χ2v) is 2.71. The van der Waals surface area contributed by atoms with Gasteiger partial charge in [0.25, 0.3) is 5.91 Å². The number of hydrogen-bond donors (Lipinski definition) is 1. The lowest BCUT2D eigenvalue weighted by atomic mass is 10.3. The van der Waals surface area contributed by atoms with Gasteiger partial charge in [-0.05, 0) is 13.0 Å². The number of nitrogens with one attached hydrogen (secondary N) is 1. The fourth-order valence-corrected chi connectivity index (χ4v) is 0.727. The predicted molar refractivity (Wildman–Crippen MR) is 49.2 cm³/mol. The van der Waals surface area contributed by atoms with Gasteiger partial charge in [0, 0.05) is 18.9 Å². The fraction of sp³-hybridized carbons (Fsp3) is 0.222. The van der Waals surface area contributed by atoms with Gasteiger partial charge in [0.05, 0.1) is 0 Å². The van der Waals surface area contributed by atoms with Gasteiger partial charge in [-0.25, -0.2) is 9.97 Å². The lowest BCUT2D eigenvalue weighted by molar-refractivity contribution is 0.0946. The SMILES string of the molecule is C=C(C)CNC(=O)c1ncccn1. The van der Waals surface area contributed by atoms with E-state index in [-0.39, 0.29) is 11.7 Å². The molecule has 13 heavy (non-hydrogen) atoms. The highest BCUT2D eigenvalue weighted by Crippen LogP contribution is 1.88. The highest BCUT2D eigenvalue weighted by atomic mass is 16.2. The molecule has 1 rings (SSSR count). The van der Waals surface area contributed by atoms with Gasteiger partial charge in [-0.3, -0.25) is 4.79 Å².